The minimum Gasteiger partial charge on any atom is -0.497 e. The molecule has 1 heterocycles. The maximum absolute atomic E-state index is 5.31. The first kappa shape index (κ1) is 20.8. The van der Waals surface area contributed by atoms with E-state index in [-0.39, 0.29) is 0 Å². The van der Waals surface area contributed by atoms with Crippen LogP contribution in [0.3, 0.4) is 0 Å². The number of thioether (sulfide) groups is 1. The molecular formula is C24H23N3O3S. The summed E-state index contributed by atoms with van der Waals surface area (Å²) in [6.07, 6.45) is 0. The maximum Gasteiger partial charge on any atom is 0.196 e. The van der Waals surface area contributed by atoms with Crippen LogP contribution in [0, 0.1) is 0 Å². The summed E-state index contributed by atoms with van der Waals surface area (Å²) in [4.78, 5) is 0. The average molecular weight is 434 g/mol. The Kier molecular flexibility index (Phi) is 6.43. The van der Waals surface area contributed by atoms with E-state index in [1.54, 1.807) is 33.1 Å². The van der Waals surface area contributed by atoms with Crippen LogP contribution in [0.2, 0.25) is 0 Å². The molecule has 7 heteroatoms. The first-order chi connectivity index (χ1) is 15.2. The third kappa shape index (κ3) is 4.67. The van der Waals surface area contributed by atoms with Crippen LogP contribution >= 0.6 is 11.8 Å². The molecule has 4 aromatic rings. The molecule has 0 saturated carbocycles. The van der Waals surface area contributed by atoms with Gasteiger partial charge in [-0.2, -0.15) is 0 Å². The lowest BCUT2D eigenvalue weighted by atomic mass is 10.2. The van der Waals surface area contributed by atoms with Crippen molar-refractivity contribution in [2.75, 3.05) is 21.3 Å². The Morgan fingerprint density at radius 2 is 1.19 bits per heavy atom. The van der Waals surface area contributed by atoms with Crippen LogP contribution in [0.5, 0.6) is 17.2 Å². The van der Waals surface area contributed by atoms with Crippen LogP contribution in [0.1, 0.15) is 5.56 Å². The number of nitrogens with zero attached hydrogens (tertiary/aromatic N) is 3. The van der Waals surface area contributed by atoms with Crippen molar-refractivity contribution in [1.29, 1.82) is 0 Å². The van der Waals surface area contributed by atoms with Gasteiger partial charge in [0.05, 0.1) is 21.3 Å². The highest BCUT2D eigenvalue weighted by molar-refractivity contribution is 7.98. The molecule has 0 atom stereocenters. The third-order valence-electron chi connectivity index (χ3n) is 4.84. The number of methoxy groups -OCH3 is 3. The molecule has 4 rings (SSSR count). The van der Waals surface area contributed by atoms with E-state index in [1.807, 2.05) is 60.7 Å². The van der Waals surface area contributed by atoms with Gasteiger partial charge in [0.25, 0.3) is 0 Å². The van der Waals surface area contributed by atoms with Gasteiger partial charge in [0.1, 0.15) is 17.2 Å². The van der Waals surface area contributed by atoms with Crippen molar-refractivity contribution >= 4 is 11.8 Å². The molecule has 0 aliphatic heterocycles. The number of aromatic nitrogens is 3. The Morgan fingerprint density at radius 1 is 0.677 bits per heavy atom. The highest BCUT2D eigenvalue weighted by Gasteiger charge is 2.16. The Hall–Kier alpha value is -3.45. The molecule has 0 aliphatic carbocycles. The second-order valence-corrected chi connectivity index (χ2v) is 7.65. The zero-order valence-electron chi connectivity index (χ0n) is 17.6. The molecule has 0 fully saturated rings. The molecule has 0 saturated heterocycles. The predicted octanol–water partition coefficient (Wildman–Crippen LogP) is 5.25. The first-order valence-electron chi connectivity index (χ1n) is 9.72. The zero-order chi connectivity index (χ0) is 21.6. The smallest absolute Gasteiger partial charge is 0.196 e. The normalized spacial score (nSPS) is 10.7. The maximum atomic E-state index is 5.31. The van der Waals surface area contributed by atoms with Gasteiger partial charge in [0.15, 0.2) is 11.0 Å². The van der Waals surface area contributed by atoms with E-state index in [1.165, 1.54) is 5.56 Å². The molecule has 0 N–H and O–H groups in total. The fourth-order valence-corrected chi connectivity index (χ4v) is 4.03. The predicted molar refractivity (Wildman–Crippen MR) is 122 cm³/mol. The summed E-state index contributed by atoms with van der Waals surface area (Å²) in [6.45, 7) is 0. The standard InChI is InChI=1S/C24H23N3O3S/c1-28-20-10-4-17(5-11-20)16-31-24-26-25-23(18-6-12-21(29-2)13-7-18)27(24)19-8-14-22(30-3)15-9-19/h4-15H,16H2,1-3H3. The largest absolute Gasteiger partial charge is 0.497 e. The van der Waals surface area contributed by atoms with E-state index in [0.717, 1.165) is 45.2 Å². The molecule has 0 radical (unpaired) electrons. The van der Waals surface area contributed by atoms with Crippen LogP contribution in [0.25, 0.3) is 17.1 Å². The highest BCUT2D eigenvalue weighted by Crippen LogP contribution is 2.31. The third-order valence-corrected chi connectivity index (χ3v) is 5.84. The van der Waals surface area contributed by atoms with E-state index in [4.69, 9.17) is 14.2 Å². The van der Waals surface area contributed by atoms with Gasteiger partial charge in [-0.1, -0.05) is 23.9 Å². The summed E-state index contributed by atoms with van der Waals surface area (Å²) in [5.74, 6) is 3.98. The topological polar surface area (TPSA) is 58.4 Å². The number of rotatable bonds is 8. The molecule has 3 aromatic carbocycles. The fourth-order valence-electron chi connectivity index (χ4n) is 3.12. The van der Waals surface area contributed by atoms with Crippen LogP contribution in [-0.2, 0) is 5.75 Å². The van der Waals surface area contributed by atoms with Crippen molar-refractivity contribution < 1.29 is 14.2 Å². The SMILES string of the molecule is COc1ccc(CSc2nnc(-c3ccc(OC)cc3)n2-c2ccc(OC)cc2)cc1. The molecule has 0 amide bonds. The number of benzene rings is 3. The minimum atomic E-state index is 0.765. The Bertz CT molecular complexity index is 1120. The summed E-state index contributed by atoms with van der Waals surface area (Å²) in [5, 5.41) is 9.80. The lowest BCUT2D eigenvalue weighted by Gasteiger charge is -2.11. The van der Waals surface area contributed by atoms with E-state index < -0.39 is 0 Å². The van der Waals surface area contributed by atoms with Gasteiger partial charge in [-0.05, 0) is 66.2 Å². The second kappa shape index (κ2) is 9.57. The highest BCUT2D eigenvalue weighted by atomic mass is 32.2. The van der Waals surface area contributed by atoms with Gasteiger partial charge in [0, 0.05) is 17.0 Å². The molecule has 0 aliphatic rings. The van der Waals surface area contributed by atoms with Gasteiger partial charge >= 0.3 is 0 Å². The van der Waals surface area contributed by atoms with Crippen molar-refractivity contribution in [3.05, 3.63) is 78.4 Å². The van der Waals surface area contributed by atoms with Gasteiger partial charge in [-0.15, -0.1) is 10.2 Å². The Morgan fingerprint density at radius 3 is 1.74 bits per heavy atom. The summed E-state index contributed by atoms with van der Waals surface area (Å²) < 4.78 is 17.9. The number of hydrogen-bond donors (Lipinski definition) is 0. The van der Waals surface area contributed by atoms with E-state index >= 15 is 0 Å². The van der Waals surface area contributed by atoms with E-state index in [9.17, 15) is 0 Å². The van der Waals surface area contributed by atoms with Crippen LogP contribution in [0.15, 0.2) is 78.0 Å². The van der Waals surface area contributed by atoms with E-state index in [2.05, 4.69) is 26.9 Å². The second-order valence-electron chi connectivity index (χ2n) is 6.70. The number of hydrogen-bond acceptors (Lipinski definition) is 6. The van der Waals surface area contributed by atoms with Gasteiger partial charge in [-0.25, -0.2) is 0 Å². The van der Waals surface area contributed by atoms with E-state index in [0.29, 0.717) is 0 Å². The van der Waals surface area contributed by atoms with Crippen LogP contribution in [0.4, 0.5) is 0 Å². The number of ether oxygens (including phenoxy) is 3. The molecule has 0 bridgehead atoms. The van der Waals surface area contributed by atoms with Crippen LogP contribution < -0.4 is 14.2 Å². The van der Waals surface area contributed by atoms with Crippen molar-refractivity contribution in [2.24, 2.45) is 0 Å². The van der Waals surface area contributed by atoms with Gasteiger partial charge < -0.3 is 14.2 Å². The summed E-state index contributed by atoms with van der Waals surface area (Å²) in [5.41, 5.74) is 3.11. The van der Waals surface area contributed by atoms with Gasteiger partial charge in [-0.3, -0.25) is 4.57 Å². The lowest BCUT2D eigenvalue weighted by molar-refractivity contribution is 0.414. The molecule has 158 valence electrons. The van der Waals surface area contributed by atoms with Crippen molar-refractivity contribution in [1.82, 2.24) is 14.8 Å². The van der Waals surface area contributed by atoms with Crippen molar-refractivity contribution in [3.8, 4) is 34.3 Å². The first-order valence-corrected chi connectivity index (χ1v) is 10.7. The zero-order valence-corrected chi connectivity index (χ0v) is 18.4. The molecule has 1 aromatic heterocycles. The molecule has 0 spiro atoms. The van der Waals surface area contributed by atoms with Gasteiger partial charge in [0.2, 0.25) is 0 Å². The quantitative estimate of drug-likeness (QED) is 0.354. The van der Waals surface area contributed by atoms with Crippen molar-refractivity contribution in [2.45, 2.75) is 10.9 Å². The lowest BCUT2D eigenvalue weighted by Crippen LogP contribution is -2.00. The monoisotopic (exact) mass is 433 g/mol. The summed E-state index contributed by atoms with van der Waals surface area (Å²) in [7, 11) is 4.98. The minimum absolute atomic E-state index is 0.765. The average Bonchev–Trinajstić information content (AvgIpc) is 3.27. The molecule has 31 heavy (non-hydrogen) atoms. The fraction of sp³-hybridized carbons (Fsp3) is 0.167. The van der Waals surface area contributed by atoms with Crippen LogP contribution in [-0.4, -0.2) is 36.1 Å². The summed E-state index contributed by atoms with van der Waals surface area (Å²) >= 11 is 1.63. The molecular weight excluding hydrogens is 410 g/mol. The molecule has 6 nitrogen and oxygen atoms in total. The van der Waals surface area contributed by atoms with Crippen molar-refractivity contribution in [3.63, 3.8) is 0 Å². The molecule has 0 unspecified atom stereocenters. The Labute approximate surface area is 185 Å². The summed E-state index contributed by atoms with van der Waals surface area (Å²) in [6, 6.07) is 23.8. The Balaban J connectivity index is 1.68.